The summed E-state index contributed by atoms with van der Waals surface area (Å²) in [6.45, 7) is 1.69. The Morgan fingerprint density at radius 3 is 2.61 bits per heavy atom. The van der Waals surface area contributed by atoms with Crippen molar-refractivity contribution in [3.8, 4) is 17.0 Å². The standard InChI is InChI=1S/C12H13BrFN3O/c1-6-8(14)4-7(13)12(18-3)11(6)9-5-10(15)17(2)16-9/h4-5H,15H2,1-3H3. The average molecular weight is 314 g/mol. The van der Waals surface area contributed by atoms with Gasteiger partial charge in [0.1, 0.15) is 17.4 Å². The van der Waals surface area contributed by atoms with E-state index in [-0.39, 0.29) is 5.82 Å². The number of benzene rings is 1. The molecule has 0 bridgehead atoms. The number of nitrogen functional groups attached to an aromatic ring is 1. The van der Waals surface area contributed by atoms with Crippen LogP contribution >= 0.6 is 15.9 Å². The molecule has 1 aromatic carbocycles. The molecule has 0 atom stereocenters. The minimum Gasteiger partial charge on any atom is -0.495 e. The summed E-state index contributed by atoms with van der Waals surface area (Å²) in [4.78, 5) is 0. The number of methoxy groups -OCH3 is 1. The predicted molar refractivity (Wildman–Crippen MR) is 72.0 cm³/mol. The predicted octanol–water partition coefficient (Wildman–Crippen LogP) is 2.89. The third-order valence-electron chi connectivity index (χ3n) is 2.81. The smallest absolute Gasteiger partial charge is 0.142 e. The van der Waals surface area contributed by atoms with E-state index in [4.69, 9.17) is 10.5 Å². The molecule has 96 valence electrons. The summed E-state index contributed by atoms with van der Waals surface area (Å²) in [5, 5.41) is 4.26. The number of aryl methyl sites for hydroxylation is 1. The normalized spacial score (nSPS) is 10.7. The molecule has 2 rings (SSSR count). The van der Waals surface area contributed by atoms with E-state index in [2.05, 4.69) is 21.0 Å². The molecule has 0 aliphatic rings. The van der Waals surface area contributed by atoms with Crippen molar-refractivity contribution in [2.24, 2.45) is 7.05 Å². The fraction of sp³-hybridized carbons (Fsp3) is 0.250. The first-order chi connectivity index (χ1) is 8.45. The first kappa shape index (κ1) is 12.9. The molecule has 0 spiro atoms. The van der Waals surface area contributed by atoms with Crippen LogP contribution in [-0.4, -0.2) is 16.9 Å². The highest BCUT2D eigenvalue weighted by Crippen LogP contribution is 2.40. The van der Waals surface area contributed by atoms with E-state index < -0.39 is 0 Å². The van der Waals surface area contributed by atoms with Gasteiger partial charge in [0.25, 0.3) is 0 Å². The Bertz CT molecular complexity index is 590. The van der Waals surface area contributed by atoms with Gasteiger partial charge in [0.2, 0.25) is 0 Å². The number of hydrogen-bond acceptors (Lipinski definition) is 3. The lowest BCUT2D eigenvalue weighted by Gasteiger charge is -2.12. The number of hydrogen-bond donors (Lipinski definition) is 1. The van der Waals surface area contributed by atoms with Gasteiger partial charge in [0.15, 0.2) is 0 Å². The summed E-state index contributed by atoms with van der Waals surface area (Å²) in [6, 6.07) is 3.07. The molecule has 6 heteroatoms. The molecule has 2 aromatic rings. The van der Waals surface area contributed by atoms with Gasteiger partial charge >= 0.3 is 0 Å². The van der Waals surface area contributed by atoms with Gasteiger partial charge in [-0.05, 0) is 34.5 Å². The van der Waals surface area contributed by atoms with Gasteiger partial charge < -0.3 is 10.5 Å². The third kappa shape index (κ3) is 1.96. The molecule has 0 fully saturated rings. The second kappa shape index (κ2) is 4.61. The highest BCUT2D eigenvalue weighted by Gasteiger charge is 2.19. The van der Waals surface area contributed by atoms with E-state index in [1.54, 1.807) is 20.0 Å². The van der Waals surface area contributed by atoms with Crippen molar-refractivity contribution in [1.29, 1.82) is 0 Å². The number of nitrogens with two attached hydrogens (primary N) is 1. The van der Waals surface area contributed by atoms with Gasteiger partial charge in [-0.2, -0.15) is 5.10 Å². The van der Waals surface area contributed by atoms with Gasteiger partial charge in [-0.1, -0.05) is 0 Å². The molecule has 0 saturated carbocycles. The second-order valence-electron chi connectivity index (χ2n) is 3.95. The molecule has 1 aromatic heterocycles. The van der Waals surface area contributed by atoms with Crippen molar-refractivity contribution in [3.05, 3.63) is 28.0 Å². The zero-order chi connectivity index (χ0) is 13.4. The third-order valence-corrected chi connectivity index (χ3v) is 3.40. The van der Waals surface area contributed by atoms with Crippen molar-refractivity contribution in [1.82, 2.24) is 9.78 Å². The Kier molecular flexibility index (Phi) is 3.30. The van der Waals surface area contributed by atoms with Gasteiger partial charge in [0.05, 0.1) is 22.8 Å². The molecule has 0 amide bonds. The van der Waals surface area contributed by atoms with Crippen LogP contribution in [0.3, 0.4) is 0 Å². The van der Waals surface area contributed by atoms with Crippen molar-refractivity contribution >= 4 is 21.7 Å². The maximum Gasteiger partial charge on any atom is 0.142 e. The molecule has 0 unspecified atom stereocenters. The number of rotatable bonds is 2. The van der Waals surface area contributed by atoms with Crippen LogP contribution in [0.1, 0.15) is 5.56 Å². The Hall–Kier alpha value is -1.56. The van der Waals surface area contributed by atoms with Crippen LogP contribution < -0.4 is 10.5 Å². The zero-order valence-electron chi connectivity index (χ0n) is 10.3. The van der Waals surface area contributed by atoms with Crippen LogP contribution in [0.5, 0.6) is 5.75 Å². The van der Waals surface area contributed by atoms with Crippen LogP contribution in [0.2, 0.25) is 0 Å². The lowest BCUT2D eigenvalue weighted by atomic mass is 10.0. The molecule has 4 nitrogen and oxygen atoms in total. The van der Waals surface area contributed by atoms with Crippen molar-refractivity contribution in [2.45, 2.75) is 6.92 Å². The SMILES string of the molecule is COc1c(Br)cc(F)c(C)c1-c1cc(N)n(C)n1. The number of aromatic nitrogens is 2. The Morgan fingerprint density at radius 1 is 1.44 bits per heavy atom. The largest absolute Gasteiger partial charge is 0.495 e. The number of ether oxygens (including phenoxy) is 1. The van der Waals surface area contributed by atoms with E-state index in [1.165, 1.54) is 17.9 Å². The summed E-state index contributed by atoms with van der Waals surface area (Å²) in [7, 11) is 3.27. The monoisotopic (exact) mass is 313 g/mol. The highest BCUT2D eigenvalue weighted by molar-refractivity contribution is 9.10. The highest BCUT2D eigenvalue weighted by atomic mass is 79.9. The van der Waals surface area contributed by atoms with Gasteiger partial charge in [0, 0.05) is 13.1 Å². The quantitative estimate of drug-likeness (QED) is 0.927. The molecular weight excluding hydrogens is 301 g/mol. The van der Waals surface area contributed by atoms with Crippen LogP contribution in [-0.2, 0) is 7.05 Å². The fourth-order valence-electron chi connectivity index (χ4n) is 1.81. The first-order valence-corrected chi connectivity index (χ1v) is 6.07. The summed E-state index contributed by atoms with van der Waals surface area (Å²) in [5.41, 5.74) is 7.43. The fourth-order valence-corrected chi connectivity index (χ4v) is 2.37. The molecule has 0 aliphatic heterocycles. The van der Waals surface area contributed by atoms with Crippen LogP contribution in [0.25, 0.3) is 11.3 Å². The molecule has 18 heavy (non-hydrogen) atoms. The lowest BCUT2D eigenvalue weighted by Crippen LogP contribution is -1.98. The van der Waals surface area contributed by atoms with Gasteiger partial charge in [-0.15, -0.1) is 0 Å². The van der Waals surface area contributed by atoms with E-state index >= 15 is 0 Å². The second-order valence-corrected chi connectivity index (χ2v) is 4.81. The number of anilines is 1. The van der Waals surface area contributed by atoms with E-state index in [0.717, 1.165) is 0 Å². The molecule has 2 N–H and O–H groups in total. The lowest BCUT2D eigenvalue weighted by molar-refractivity contribution is 0.412. The average Bonchev–Trinajstić information content (AvgIpc) is 2.63. The first-order valence-electron chi connectivity index (χ1n) is 5.28. The van der Waals surface area contributed by atoms with E-state index in [1.807, 2.05) is 0 Å². The topological polar surface area (TPSA) is 53.1 Å². The maximum absolute atomic E-state index is 13.8. The van der Waals surface area contributed by atoms with Crippen LogP contribution in [0, 0.1) is 12.7 Å². The van der Waals surface area contributed by atoms with E-state index in [9.17, 15) is 4.39 Å². The van der Waals surface area contributed by atoms with Crippen molar-refractivity contribution in [3.63, 3.8) is 0 Å². The molecule has 0 radical (unpaired) electrons. The van der Waals surface area contributed by atoms with Gasteiger partial charge in [-0.3, -0.25) is 4.68 Å². The molecule has 0 saturated heterocycles. The summed E-state index contributed by atoms with van der Waals surface area (Å²) < 4.78 is 21.2. The summed E-state index contributed by atoms with van der Waals surface area (Å²) in [6.07, 6.45) is 0. The zero-order valence-corrected chi connectivity index (χ0v) is 11.9. The minimum absolute atomic E-state index is 0.318. The number of nitrogens with zero attached hydrogens (tertiary/aromatic N) is 2. The van der Waals surface area contributed by atoms with E-state index in [0.29, 0.717) is 32.9 Å². The maximum atomic E-state index is 13.8. The molecular formula is C12H13BrFN3O. The minimum atomic E-state index is -0.318. The number of halogens is 2. The molecule has 1 heterocycles. The Morgan fingerprint density at radius 2 is 2.11 bits per heavy atom. The van der Waals surface area contributed by atoms with Crippen molar-refractivity contribution in [2.75, 3.05) is 12.8 Å². The summed E-state index contributed by atoms with van der Waals surface area (Å²) >= 11 is 3.28. The van der Waals surface area contributed by atoms with Crippen LogP contribution in [0.4, 0.5) is 10.2 Å². The Labute approximate surface area is 113 Å². The Balaban J connectivity index is 2.76. The van der Waals surface area contributed by atoms with Gasteiger partial charge in [-0.25, -0.2) is 4.39 Å². The molecule has 0 aliphatic carbocycles. The van der Waals surface area contributed by atoms with Crippen molar-refractivity contribution < 1.29 is 9.13 Å². The van der Waals surface area contributed by atoms with Crippen LogP contribution in [0.15, 0.2) is 16.6 Å². The summed E-state index contributed by atoms with van der Waals surface area (Å²) in [5.74, 6) is 0.737.